The zero-order valence-electron chi connectivity index (χ0n) is 23.3. The molecule has 2 amide bonds. The minimum Gasteiger partial charge on any atom is -0.495 e. The fourth-order valence-electron chi connectivity index (χ4n) is 4.64. The van der Waals surface area contributed by atoms with Crippen molar-refractivity contribution in [3.63, 3.8) is 0 Å². The Hall–Kier alpha value is -5.50. The van der Waals surface area contributed by atoms with Crippen molar-refractivity contribution in [1.82, 2.24) is 10.6 Å². The zero-order chi connectivity index (χ0) is 29.3. The third-order valence-corrected chi connectivity index (χ3v) is 6.72. The summed E-state index contributed by atoms with van der Waals surface area (Å²) in [5.41, 5.74) is 4.81. The molecule has 2 aliphatic heterocycles. The van der Waals surface area contributed by atoms with E-state index in [1.54, 1.807) is 38.5 Å². The molecule has 2 aliphatic rings. The summed E-state index contributed by atoms with van der Waals surface area (Å²) >= 11 is 0. The number of nitrogens with one attached hydrogen (secondary N) is 4. The topological polar surface area (TPSA) is 101 Å². The lowest BCUT2D eigenvalue weighted by Gasteiger charge is -2.27. The van der Waals surface area contributed by atoms with E-state index in [1.807, 2.05) is 97.1 Å². The van der Waals surface area contributed by atoms with Gasteiger partial charge in [0.15, 0.2) is 0 Å². The molecule has 212 valence electrons. The number of carbonyl (C=O) groups excluding carboxylic acids is 2. The monoisotopic (exact) mass is 560 g/mol. The predicted octanol–water partition coefficient (Wildman–Crippen LogP) is 5.78. The normalized spacial score (nSPS) is 17.0. The average molecular weight is 561 g/mol. The van der Waals surface area contributed by atoms with Crippen molar-refractivity contribution < 1.29 is 19.1 Å². The van der Waals surface area contributed by atoms with Gasteiger partial charge in [0.2, 0.25) is 0 Å². The van der Waals surface area contributed by atoms with E-state index in [9.17, 15) is 9.59 Å². The average Bonchev–Trinajstić information content (AvgIpc) is 3.03. The van der Waals surface area contributed by atoms with Gasteiger partial charge >= 0.3 is 0 Å². The van der Waals surface area contributed by atoms with E-state index in [0.29, 0.717) is 22.6 Å². The number of methoxy groups -OCH3 is 2. The van der Waals surface area contributed by atoms with Crippen molar-refractivity contribution in [3.8, 4) is 11.5 Å². The van der Waals surface area contributed by atoms with E-state index in [2.05, 4.69) is 21.3 Å². The van der Waals surface area contributed by atoms with E-state index in [0.717, 1.165) is 22.5 Å². The number of hydrogen-bond acceptors (Lipinski definition) is 6. The first-order chi connectivity index (χ1) is 20.6. The van der Waals surface area contributed by atoms with Crippen LogP contribution in [0.2, 0.25) is 0 Å². The molecule has 0 saturated carbocycles. The largest absolute Gasteiger partial charge is 0.495 e. The fraction of sp³-hybridized carbons (Fsp3) is 0.118. The highest BCUT2D eigenvalue weighted by Gasteiger charge is 2.25. The Morgan fingerprint density at radius 1 is 0.524 bits per heavy atom. The molecule has 0 aliphatic carbocycles. The maximum Gasteiger partial charge on any atom is 0.255 e. The summed E-state index contributed by atoms with van der Waals surface area (Å²) in [5.74, 6) is 1.12. The summed E-state index contributed by atoms with van der Waals surface area (Å²) in [6.45, 7) is 0. The summed E-state index contributed by atoms with van der Waals surface area (Å²) in [6.07, 6.45) is 7.25. The SMILES string of the molecule is COc1cccc2c1NC(/C=C/c1ccccc1)NC2=O.COc1cccc2c1N[C@H](/C=C/c1ccccc1)NC2=O. The van der Waals surface area contributed by atoms with Gasteiger partial charge in [-0.25, -0.2) is 0 Å². The molecular weight excluding hydrogens is 528 g/mol. The highest BCUT2D eigenvalue weighted by molar-refractivity contribution is 6.04. The molecule has 0 radical (unpaired) electrons. The first-order valence-electron chi connectivity index (χ1n) is 13.5. The summed E-state index contributed by atoms with van der Waals surface area (Å²) in [6, 6.07) is 30.7. The number of anilines is 2. The van der Waals surface area contributed by atoms with Gasteiger partial charge in [0, 0.05) is 0 Å². The third-order valence-electron chi connectivity index (χ3n) is 6.72. The molecule has 4 N–H and O–H groups in total. The van der Waals surface area contributed by atoms with Gasteiger partial charge in [-0.05, 0) is 47.5 Å². The zero-order valence-corrected chi connectivity index (χ0v) is 23.3. The first kappa shape index (κ1) is 28.0. The maximum atomic E-state index is 12.1. The van der Waals surface area contributed by atoms with Crippen molar-refractivity contribution in [2.75, 3.05) is 24.9 Å². The molecule has 0 bridgehead atoms. The Labute approximate surface area is 245 Å². The van der Waals surface area contributed by atoms with Gasteiger partial charge in [0.05, 0.1) is 36.7 Å². The Bertz CT molecular complexity index is 1480. The quantitative estimate of drug-likeness (QED) is 0.239. The molecule has 8 heteroatoms. The van der Waals surface area contributed by atoms with Crippen molar-refractivity contribution in [2.45, 2.75) is 12.3 Å². The molecule has 1 unspecified atom stereocenters. The molecule has 0 fully saturated rings. The first-order valence-corrected chi connectivity index (χ1v) is 13.5. The third kappa shape index (κ3) is 6.62. The van der Waals surface area contributed by atoms with Gasteiger partial charge in [-0.15, -0.1) is 0 Å². The van der Waals surface area contributed by atoms with Crippen LogP contribution in [0.5, 0.6) is 11.5 Å². The lowest BCUT2D eigenvalue weighted by molar-refractivity contribution is 0.0934. The highest BCUT2D eigenvalue weighted by Crippen LogP contribution is 2.32. The summed E-state index contributed by atoms with van der Waals surface area (Å²) in [5, 5.41) is 12.4. The van der Waals surface area contributed by atoms with Crippen LogP contribution < -0.4 is 30.7 Å². The van der Waals surface area contributed by atoms with E-state index in [4.69, 9.17) is 9.47 Å². The lowest BCUT2D eigenvalue weighted by atomic mass is 10.1. The van der Waals surface area contributed by atoms with Gasteiger partial charge in [-0.3, -0.25) is 9.59 Å². The van der Waals surface area contributed by atoms with Crippen LogP contribution in [0.15, 0.2) is 109 Å². The van der Waals surface area contributed by atoms with Gasteiger partial charge in [-0.1, -0.05) is 84.9 Å². The number of fused-ring (bicyclic) bond motifs is 2. The van der Waals surface area contributed by atoms with E-state index in [1.165, 1.54) is 0 Å². The molecular formula is C34H32N4O4. The number of ether oxygens (including phenoxy) is 2. The Morgan fingerprint density at radius 3 is 1.31 bits per heavy atom. The maximum absolute atomic E-state index is 12.1. The summed E-state index contributed by atoms with van der Waals surface area (Å²) in [4.78, 5) is 24.3. The number of hydrogen-bond donors (Lipinski definition) is 4. The highest BCUT2D eigenvalue weighted by atomic mass is 16.5. The van der Waals surface area contributed by atoms with Crippen LogP contribution in [-0.2, 0) is 0 Å². The molecule has 2 atom stereocenters. The van der Waals surface area contributed by atoms with Crippen molar-refractivity contribution >= 4 is 35.3 Å². The predicted molar refractivity (Wildman–Crippen MR) is 167 cm³/mol. The minimum atomic E-state index is -0.262. The fourth-order valence-corrected chi connectivity index (χ4v) is 4.64. The van der Waals surface area contributed by atoms with Gasteiger partial charge in [0.1, 0.15) is 23.8 Å². The molecule has 0 saturated heterocycles. The van der Waals surface area contributed by atoms with Gasteiger partial charge in [0.25, 0.3) is 11.8 Å². The second-order valence-electron chi connectivity index (χ2n) is 9.50. The summed E-state index contributed by atoms with van der Waals surface area (Å²) in [7, 11) is 3.19. The number of benzene rings is 4. The number of rotatable bonds is 6. The molecule has 8 nitrogen and oxygen atoms in total. The van der Waals surface area contributed by atoms with Crippen LogP contribution in [0.3, 0.4) is 0 Å². The van der Waals surface area contributed by atoms with Crippen LogP contribution in [0.4, 0.5) is 11.4 Å². The van der Waals surface area contributed by atoms with Crippen LogP contribution in [0, 0.1) is 0 Å². The van der Waals surface area contributed by atoms with Crippen LogP contribution in [-0.4, -0.2) is 38.4 Å². The van der Waals surface area contributed by atoms with E-state index in [-0.39, 0.29) is 24.1 Å². The summed E-state index contributed by atoms with van der Waals surface area (Å²) < 4.78 is 10.6. The van der Waals surface area contributed by atoms with Crippen LogP contribution >= 0.6 is 0 Å². The molecule has 0 spiro atoms. The van der Waals surface area contributed by atoms with Crippen molar-refractivity contribution in [2.24, 2.45) is 0 Å². The second kappa shape index (κ2) is 13.2. The standard InChI is InChI=1S/2C17H16N2O2/c2*1-21-14-9-5-8-13-16(14)18-15(19-17(13)20)11-10-12-6-3-2-4-7-12/h2*2-11,15,18H,1H3,(H,19,20)/b2*11-10+/t15-;/m0./s1. The number of amides is 2. The van der Waals surface area contributed by atoms with E-state index >= 15 is 0 Å². The van der Waals surface area contributed by atoms with Gasteiger partial charge in [-0.2, -0.15) is 0 Å². The molecule has 2 heterocycles. The van der Waals surface area contributed by atoms with Crippen molar-refractivity contribution in [3.05, 3.63) is 131 Å². The number of carbonyl (C=O) groups is 2. The van der Waals surface area contributed by atoms with Crippen LogP contribution in [0.1, 0.15) is 31.8 Å². The Morgan fingerprint density at radius 2 is 0.929 bits per heavy atom. The van der Waals surface area contributed by atoms with Crippen molar-refractivity contribution in [1.29, 1.82) is 0 Å². The van der Waals surface area contributed by atoms with E-state index < -0.39 is 0 Å². The molecule has 4 aromatic carbocycles. The minimum absolute atomic E-state index is 0.106. The smallest absolute Gasteiger partial charge is 0.255 e. The molecule has 42 heavy (non-hydrogen) atoms. The second-order valence-corrected chi connectivity index (χ2v) is 9.50. The Balaban J connectivity index is 0.000000168. The molecule has 0 aromatic heterocycles. The molecule has 4 aromatic rings. The van der Waals surface area contributed by atoms with Gasteiger partial charge < -0.3 is 30.7 Å². The molecule has 6 rings (SSSR count). The number of para-hydroxylation sites is 2. The Kier molecular flexibility index (Phi) is 8.84. The lowest BCUT2D eigenvalue weighted by Crippen LogP contribution is -2.43. The van der Waals surface area contributed by atoms with Crippen LogP contribution in [0.25, 0.3) is 12.2 Å².